The van der Waals surface area contributed by atoms with Crippen LogP contribution in [0.2, 0.25) is 0 Å². The van der Waals surface area contributed by atoms with Crippen LogP contribution in [0, 0.1) is 17.6 Å². The molecule has 0 saturated carbocycles. The summed E-state index contributed by atoms with van der Waals surface area (Å²) in [5.74, 6) is -1.12. The number of hydrogen-bond acceptors (Lipinski definition) is 4. The van der Waals surface area contributed by atoms with Gasteiger partial charge in [0.05, 0.1) is 18.2 Å². The van der Waals surface area contributed by atoms with Gasteiger partial charge in [0.15, 0.2) is 0 Å². The van der Waals surface area contributed by atoms with Crippen molar-refractivity contribution in [2.24, 2.45) is 5.92 Å². The van der Waals surface area contributed by atoms with Crippen molar-refractivity contribution < 1.29 is 23.1 Å². The van der Waals surface area contributed by atoms with E-state index < -0.39 is 5.60 Å². The Hall–Kier alpha value is -2.80. The number of esters is 1. The van der Waals surface area contributed by atoms with Gasteiger partial charge in [0, 0.05) is 12.5 Å². The van der Waals surface area contributed by atoms with Crippen molar-refractivity contribution in [2.75, 3.05) is 31.1 Å². The Morgan fingerprint density at radius 1 is 0.943 bits per heavy atom. The molecule has 188 valence electrons. The van der Waals surface area contributed by atoms with E-state index in [1.54, 1.807) is 23.1 Å². The van der Waals surface area contributed by atoms with E-state index in [-0.39, 0.29) is 41.9 Å². The number of likely N-dealkylation sites (tertiary alicyclic amines) is 1. The fraction of sp³-hybridized carbons (Fsp3) is 0.500. The molecule has 4 rings (SSSR count). The molecular weight excluding hydrogens is 450 g/mol. The van der Waals surface area contributed by atoms with Crippen LogP contribution < -0.4 is 4.90 Å². The monoisotopic (exact) mass is 484 g/mol. The first-order chi connectivity index (χ1) is 16.6. The van der Waals surface area contributed by atoms with Crippen LogP contribution in [0.4, 0.5) is 14.5 Å². The molecule has 2 aromatic rings. The quantitative estimate of drug-likeness (QED) is 0.555. The molecule has 0 radical (unpaired) electrons. The number of halogens is 2. The standard InChI is InChI=1S/C28H34F2N2O3/c1-28(2,3)35-27(34)20-12-15-31(16-13-20)18-26(33)32-14-4-5-23(19-6-8-21(29)9-7-19)24-11-10-22(30)17-25(24)32/h6-11,17,20,23H,4-5,12-16,18H2,1-3H3. The van der Waals surface area contributed by atoms with Gasteiger partial charge in [0.25, 0.3) is 0 Å². The third kappa shape index (κ3) is 6.26. The SMILES string of the molecule is CC(C)(C)OC(=O)C1CCN(CC(=O)N2CCCC(c3ccc(F)cc3)c3ccc(F)cc32)CC1. The molecule has 1 saturated heterocycles. The minimum Gasteiger partial charge on any atom is -0.460 e. The van der Waals surface area contributed by atoms with Crippen LogP contribution in [0.25, 0.3) is 0 Å². The summed E-state index contributed by atoms with van der Waals surface area (Å²) in [6, 6.07) is 11.0. The predicted octanol–water partition coefficient (Wildman–Crippen LogP) is 5.28. The minimum absolute atomic E-state index is 0.0337. The van der Waals surface area contributed by atoms with E-state index in [1.165, 1.54) is 24.3 Å². The summed E-state index contributed by atoms with van der Waals surface area (Å²) in [4.78, 5) is 29.6. The number of nitrogens with zero attached hydrogens (tertiary/aromatic N) is 2. The van der Waals surface area contributed by atoms with Crippen molar-refractivity contribution in [3.8, 4) is 0 Å². The lowest BCUT2D eigenvalue weighted by Gasteiger charge is -2.33. The summed E-state index contributed by atoms with van der Waals surface area (Å²) in [6.45, 7) is 7.58. The first kappa shape index (κ1) is 25.3. The molecule has 1 fully saturated rings. The lowest BCUT2D eigenvalue weighted by molar-refractivity contribution is -0.161. The molecule has 0 N–H and O–H groups in total. The molecule has 0 aromatic heterocycles. The van der Waals surface area contributed by atoms with Gasteiger partial charge in [-0.25, -0.2) is 8.78 Å². The van der Waals surface area contributed by atoms with Gasteiger partial charge in [-0.05, 0) is 94.9 Å². The highest BCUT2D eigenvalue weighted by Crippen LogP contribution is 2.39. The number of anilines is 1. The van der Waals surface area contributed by atoms with Crippen molar-refractivity contribution in [3.05, 3.63) is 65.2 Å². The van der Waals surface area contributed by atoms with Crippen molar-refractivity contribution in [1.29, 1.82) is 0 Å². The van der Waals surface area contributed by atoms with Gasteiger partial charge < -0.3 is 9.64 Å². The zero-order valence-electron chi connectivity index (χ0n) is 20.7. The van der Waals surface area contributed by atoms with Gasteiger partial charge >= 0.3 is 5.97 Å². The first-order valence-corrected chi connectivity index (χ1v) is 12.4. The second-order valence-corrected chi connectivity index (χ2v) is 10.6. The molecule has 0 spiro atoms. The van der Waals surface area contributed by atoms with Crippen molar-refractivity contribution in [2.45, 2.75) is 58.0 Å². The molecule has 7 heteroatoms. The van der Waals surface area contributed by atoms with Crippen molar-refractivity contribution in [3.63, 3.8) is 0 Å². The van der Waals surface area contributed by atoms with E-state index in [9.17, 15) is 18.4 Å². The molecule has 0 bridgehead atoms. The third-order valence-corrected chi connectivity index (χ3v) is 6.79. The molecule has 5 nitrogen and oxygen atoms in total. The molecule has 1 amide bonds. The fourth-order valence-electron chi connectivity index (χ4n) is 5.06. The summed E-state index contributed by atoms with van der Waals surface area (Å²) in [5.41, 5.74) is 1.92. The second kappa shape index (κ2) is 10.4. The van der Waals surface area contributed by atoms with Crippen LogP contribution in [0.3, 0.4) is 0 Å². The van der Waals surface area contributed by atoms with Crippen LogP contribution >= 0.6 is 0 Å². The average Bonchev–Trinajstić information content (AvgIpc) is 2.98. The number of fused-ring (bicyclic) bond motifs is 1. The van der Waals surface area contributed by atoms with Gasteiger partial charge in [-0.3, -0.25) is 14.5 Å². The molecule has 1 atom stereocenters. The second-order valence-electron chi connectivity index (χ2n) is 10.6. The Morgan fingerprint density at radius 2 is 1.60 bits per heavy atom. The number of piperidine rings is 1. The number of ether oxygens (including phenoxy) is 1. The average molecular weight is 485 g/mol. The third-order valence-electron chi connectivity index (χ3n) is 6.79. The highest BCUT2D eigenvalue weighted by atomic mass is 19.1. The number of hydrogen-bond donors (Lipinski definition) is 0. The smallest absolute Gasteiger partial charge is 0.309 e. The Kier molecular flexibility index (Phi) is 7.55. The largest absolute Gasteiger partial charge is 0.460 e. The summed E-state index contributed by atoms with van der Waals surface area (Å²) >= 11 is 0. The molecule has 1 unspecified atom stereocenters. The molecule has 2 aromatic carbocycles. The highest BCUT2D eigenvalue weighted by molar-refractivity contribution is 5.96. The Labute approximate surface area is 206 Å². The Balaban J connectivity index is 1.46. The topological polar surface area (TPSA) is 49.9 Å². The fourth-order valence-corrected chi connectivity index (χ4v) is 5.06. The van der Waals surface area contributed by atoms with Crippen molar-refractivity contribution in [1.82, 2.24) is 4.90 Å². The van der Waals surface area contributed by atoms with Gasteiger partial charge in [-0.1, -0.05) is 18.2 Å². The van der Waals surface area contributed by atoms with Crippen LogP contribution in [0.5, 0.6) is 0 Å². The van der Waals surface area contributed by atoms with E-state index in [4.69, 9.17) is 4.74 Å². The number of carbonyl (C=O) groups is 2. The van der Waals surface area contributed by atoms with Crippen LogP contribution in [0.1, 0.15) is 63.5 Å². The molecule has 2 heterocycles. The lowest BCUT2D eigenvalue weighted by atomic mass is 9.87. The van der Waals surface area contributed by atoms with Crippen LogP contribution in [-0.4, -0.2) is 48.6 Å². The van der Waals surface area contributed by atoms with E-state index in [1.807, 2.05) is 20.8 Å². The van der Waals surface area contributed by atoms with Gasteiger partial charge in [0.2, 0.25) is 5.91 Å². The highest BCUT2D eigenvalue weighted by Gasteiger charge is 2.32. The summed E-state index contributed by atoms with van der Waals surface area (Å²) in [6.07, 6.45) is 2.85. The number of carbonyl (C=O) groups excluding carboxylic acids is 2. The van der Waals surface area contributed by atoms with Gasteiger partial charge in [0.1, 0.15) is 17.2 Å². The van der Waals surface area contributed by atoms with Gasteiger partial charge in [-0.15, -0.1) is 0 Å². The molecule has 0 aliphatic carbocycles. The Bertz CT molecular complexity index is 1060. The zero-order chi connectivity index (χ0) is 25.2. The molecule has 2 aliphatic rings. The van der Waals surface area contributed by atoms with Crippen molar-refractivity contribution >= 4 is 17.6 Å². The minimum atomic E-state index is -0.509. The lowest BCUT2D eigenvalue weighted by Crippen LogP contribution is -2.45. The number of amides is 1. The normalized spacial score (nSPS) is 19.7. The van der Waals surface area contributed by atoms with Crippen LogP contribution in [0.15, 0.2) is 42.5 Å². The summed E-state index contributed by atoms with van der Waals surface area (Å²) in [5, 5.41) is 0. The summed E-state index contributed by atoms with van der Waals surface area (Å²) < 4.78 is 33.3. The summed E-state index contributed by atoms with van der Waals surface area (Å²) in [7, 11) is 0. The number of benzene rings is 2. The first-order valence-electron chi connectivity index (χ1n) is 12.4. The predicted molar refractivity (Wildman–Crippen MR) is 131 cm³/mol. The Morgan fingerprint density at radius 3 is 2.26 bits per heavy atom. The van der Waals surface area contributed by atoms with E-state index in [2.05, 4.69) is 4.90 Å². The zero-order valence-corrected chi connectivity index (χ0v) is 20.7. The van der Waals surface area contributed by atoms with E-state index in [0.29, 0.717) is 38.2 Å². The van der Waals surface area contributed by atoms with E-state index >= 15 is 0 Å². The van der Waals surface area contributed by atoms with Crippen LogP contribution in [-0.2, 0) is 14.3 Å². The maximum Gasteiger partial charge on any atom is 0.309 e. The molecule has 35 heavy (non-hydrogen) atoms. The number of rotatable bonds is 4. The molecule has 2 aliphatic heterocycles. The van der Waals surface area contributed by atoms with Gasteiger partial charge in [-0.2, -0.15) is 0 Å². The molecular formula is C28H34F2N2O3. The van der Waals surface area contributed by atoms with E-state index in [0.717, 1.165) is 24.0 Å². The maximum absolute atomic E-state index is 14.3. The maximum atomic E-state index is 14.3.